The molecule has 3 rings (SSSR count). The minimum Gasteiger partial charge on any atom is -0.459 e. The number of nitrogens with one attached hydrogen (secondary N) is 1. The van der Waals surface area contributed by atoms with Crippen molar-refractivity contribution in [2.45, 2.75) is 64.6 Å². The number of hydrogen-bond acceptors (Lipinski definition) is 8. The summed E-state index contributed by atoms with van der Waals surface area (Å²) in [5, 5.41) is 2.85. The number of amides is 1. The van der Waals surface area contributed by atoms with Gasteiger partial charge in [0.1, 0.15) is 24.6 Å². The second kappa shape index (κ2) is 14.4. The molecule has 2 unspecified atom stereocenters. The van der Waals surface area contributed by atoms with Crippen LogP contribution in [0, 0.1) is 5.92 Å². The van der Waals surface area contributed by atoms with E-state index in [9.17, 15) is 19.2 Å². The predicted molar refractivity (Wildman–Crippen MR) is 138 cm³/mol. The van der Waals surface area contributed by atoms with Crippen molar-refractivity contribution in [2.24, 2.45) is 5.92 Å². The molecule has 2 aromatic rings. The van der Waals surface area contributed by atoms with Gasteiger partial charge in [-0.3, -0.25) is 4.79 Å². The normalized spacial score (nSPS) is 22.8. The van der Waals surface area contributed by atoms with Gasteiger partial charge in [0, 0.05) is 25.9 Å². The lowest BCUT2D eigenvalue weighted by Crippen LogP contribution is -2.62. The zero-order valence-corrected chi connectivity index (χ0v) is 22.0. The molecule has 0 spiro atoms. The largest absolute Gasteiger partial charge is 0.459 e. The van der Waals surface area contributed by atoms with Gasteiger partial charge in [-0.2, -0.15) is 0 Å². The Labute approximate surface area is 222 Å². The summed E-state index contributed by atoms with van der Waals surface area (Å²) in [5.41, 5.74) is 0.739. The van der Waals surface area contributed by atoms with E-state index in [4.69, 9.17) is 18.9 Å². The number of ether oxygens (including phenoxy) is 4. The first-order valence-corrected chi connectivity index (χ1v) is 12.8. The molecule has 2 aromatic carbocycles. The molecule has 5 atom stereocenters. The fourth-order valence-electron chi connectivity index (χ4n) is 4.28. The highest BCUT2D eigenvalue weighted by Gasteiger charge is 2.47. The Kier molecular flexibility index (Phi) is 11.0. The predicted octanol–water partition coefficient (Wildman–Crippen LogP) is 3.71. The van der Waals surface area contributed by atoms with Crippen LogP contribution in [-0.2, 0) is 28.5 Å². The van der Waals surface area contributed by atoms with E-state index in [1.54, 1.807) is 60.7 Å². The van der Waals surface area contributed by atoms with Gasteiger partial charge in [-0.25, -0.2) is 9.59 Å². The molecule has 0 aromatic heterocycles. The SMILES string of the molecule is CC(=O)CCCCO[C@@H]1OC(COC(=O)c2ccccc2)[C@H](OC(=O)c2ccccc2)[C@H](C)C1NC(C)=O. The van der Waals surface area contributed by atoms with E-state index in [1.807, 2.05) is 6.92 Å². The summed E-state index contributed by atoms with van der Waals surface area (Å²) in [6.07, 6.45) is -0.828. The zero-order valence-electron chi connectivity index (χ0n) is 22.0. The van der Waals surface area contributed by atoms with Gasteiger partial charge in [0.2, 0.25) is 5.91 Å². The lowest BCUT2D eigenvalue weighted by atomic mass is 9.88. The molecule has 1 aliphatic rings. The van der Waals surface area contributed by atoms with Gasteiger partial charge in [-0.1, -0.05) is 43.3 Å². The highest BCUT2D eigenvalue weighted by Crippen LogP contribution is 2.30. The number of unbranched alkanes of at least 4 members (excludes halogenated alkanes) is 1. The van der Waals surface area contributed by atoms with Crippen molar-refractivity contribution in [1.82, 2.24) is 5.32 Å². The highest BCUT2D eigenvalue weighted by molar-refractivity contribution is 5.90. The number of Topliss-reactive ketones (excluding diaryl/α,β-unsaturated/α-hetero) is 1. The van der Waals surface area contributed by atoms with Crippen molar-refractivity contribution in [3.8, 4) is 0 Å². The van der Waals surface area contributed by atoms with Crippen molar-refractivity contribution >= 4 is 23.6 Å². The van der Waals surface area contributed by atoms with Gasteiger partial charge < -0.3 is 29.1 Å². The Bertz CT molecular complexity index is 1070. The van der Waals surface area contributed by atoms with Gasteiger partial charge in [-0.05, 0) is 44.0 Å². The van der Waals surface area contributed by atoms with Crippen LogP contribution in [0.2, 0.25) is 0 Å². The molecule has 9 heteroatoms. The molecule has 1 fully saturated rings. The maximum Gasteiger partial charge on any atom is 0.338 e. The number of ketones is 1. The molecular weight excluding hydrogens is 490 g/mol. The standard InChI is InChI=1S/C29H35NO8/c1-19(31)12-10-11-17-35-29-25(30-21(3)32)20(2)26(38-28(34)23-15-8-5-9-16-23)24(37-29)18-36-27(33)22-13-6-4-7-14-22/h4-9,13-16,20,24-26,29H,10-12,17-18H2,1-3H3,(H,30,32)/t20-,24?,25?,26-,29-/m1/s1. The summed E-state index contributed by atoms with van der Waals surface area (Å²) in [6.45, 7) is 4.85. The van der Waals surface area contributed by atoms with Crippen molar-refractivity contribution in [1.29, 1.82) is 0 Å². The molecule has 0 saturated carbocycles. The second-order valence-corrected chi connectivity index (χ2v) is 9.36. The van der Waals surface area contributed by atoms with Gasteiger partial charge in [0.05, 0.1) is 17.2 Å². The van der Waals surface area contributed by atoms with Crippen molar-refractivity contribution < 1.29 is 38.1 Å². The molecule has 0 radical (unpaired) electrons. The van der Waals surface area contributed by atoms with Crippen molar-refractivity contribution in [3.05, 3.63) is 71.8 Å². The average molecular weight is 526 g/mol. The molecule has 1 saturated heterocycles. The first kappa shape index (κ1) is 29.0. The quantitative estimate of drug-likeness (QED) is 0.329. The van der Waals surface area contributed by atoms with E-state index in [-0.39, 0.29) is 18.3 Å². The molecule has 0 bridgehead atoms. The molecule has 1 aliphatic heterocycles. The molecule has 1 N–H and O–H groups in total. The Hall–Kier alpha value is -3.56. The van der Waals surface area contributed by atoms with Crippen LogP contribution in [0.4, 0.5) is 0 Å². The van der Waals surface area contributed by atoms with Crippen molar-refractivity contribution in [2.75, 3.05) is 13.2 Å². The van der Waals surface area contributed by atoms with Crippen LogP contribution in [0.3, 0.4) is 0 Å². The van der Waals surface area contributed by atoms with Gasteiger partial charge >= 0.3 is 11.9 Å². The minimum atomic E-state index is -0.877. The molecule has 38 heavy (non-hydrogen) atoms. The number of benzene rings is 2. The van der Waals surface area contributed by atoms with Crippen LogP contribution in [-0.4, -0.2) is 61.4 Å². The first-order chi connectivity index (χ1) is 18.3. The van der Waals surface area contributed by atoms with Crippen molar-refractivity contribution in [3.63, 3.8) is 0 Å². The zero-order chi connectivity index (χ0) is 27.5. The van der Waals surface area contributed by atoms with Gasteiger partial charge in [0.15, 0.2) is 6.29 Å². The van der Waals surface area contributed by atoms with Gasteiger partial charge in [-0.15, -0.1) is 0 Å². The molecule has 1 amide bonds. The van der Waals surface area contributed by atoms with E-state index >= 15 is 0 Å². The maximum absolute atomic E-state index is 12.9. The molecule has 204 valence electrons. The number of carbonyl (C=O) groups excluding carboxylic acids is 4. The fourth-order valence-corrected chi connectivity index (χ4v) is 4.28. The number of rotatable bonds is 12. The molecule has 9 nitrogen and oxygen atoms in total. The van der Waals surface area contributed by atoms with Crippen LogP contribution in [0.25, 0.3) is 0 Å². The summed E-state index contributed by atoms with van der Waals surface area (Å²) in [4.78, 5) is 48.8. The third-order valence-corrected chi connectivity index (χ3v) is 6.27. The Balaban J connectivity index is 1.78. The number of esters is 2. The number of carbonyl (C=O) groups is 4. The summed E-state index contributed by atoms with van der Waals surface area (Å²) in [7, 11) is 0. The lowest BCUT2D eigenvalue weighted by molar-refractivity contribution is -0.256. The van der Waals surface area contributed by atoms with E-state index in [2.05, 4.69) is 5.32 Å². The lowest BCUT2D eigenvalue weighted by Gasteiger charge is -2.44. The van der Waals surface area contributed by atoms with E-state index in [0.717, 1.165) is 0 Å². The molecular formula is C29H35NO8. The maximum atomic E-state index is 12.9. The summed E-state index contributed by atoms with van der Waals surface area (Å²) in [6, 6.07) is 16.4. The van der Waals surface area contributed by atoms with Gasteiger partial charge in [0.25, 0.3) is 0 Å². The smallest absolute Gasteiger partial charge is 0.338 e. The molecule has 1 heterocycles. The monoisotopic (exact) mass is 525 g/mol. The second-order valence-electron chi connectivity index (χ2n) is 9.36. The summed E-state index contributed by atoms with van der Waals surface area (Å²) >= 11 is 0. The Morgan fingerprint density at radius 2 is 1.47 bits per heavy atom. The topological polar surface area (TPSA) is 117 Å². The van der Waals surface area contributed by atoms with Crippen LogP contribution >= 0.6 is 0 Å². The van der Waals surface area contributed by atoms with Crippen LogP contribution in [0.1, 0.15) is 60.7 Å². The Morgan fingerprint density at radius 3 is 2.05 bits per heavy atom. The minimum absolute atomic E-state index is 0.104. The van der Waals surface area contributed by atoms with E-state index in [0.29, 0.717) is 37.0 Å². The van der Waals surface area contributed by atoms with Crippen LogP contribution in [0.15, 0.2) is 60.7 Å². The Morgan fingerprint density at radius 1 is 0.868 bits per heavy atom. The first-order valence-electron chi connectivity index (χ1n) is 12.8. The number of hydrogen-bond donors (Lipinski definition) is 1. The van der Waals surface area contributed by atoms with E-state index in [1.165, 1.54) is 13.8 Å². The third kappa shape index (κ3) is 8.49. The highest BCUT2D eigenvalue weighted by atomic mass is 16.7. The summed E-state index contributed by atoms with van der Waals surface area (Å²) < 4.78 is 23.6. The average Bonchev–Trinajstić information content (AvgIpc) is 2.91. The van der Waals surface area contributed by atoms with Crippen LogP contribution < -0.4 is 5.32 Å². The molecule has 0 aliphatic carbocycles. The summed E-state index contributed by atoms with van der Waals surface area (Å²) in [5.74, 6) is -1.73. The fraction of sp³-hybridized carbons (Fsp3) is 0.448. The third-order valence-electron chi connectivity index (χ3n) is 6.27. The van der Waals surface area contributed by atoms with E-state index < -0.39 is 42.4 Å². The van der Waals surface area contributed by atoms with Crippen LogP contribution in [0.5, 0.6) is 0 Å².